The molecule has 1 N–H and O–H groups in total. The summed E-state index contributed by atoms with van der Waals surface area (Å²) in [5.74, 6) is 2.28. The van der Waals surface area contributed by atoms with Gasteiger partial charge >= 0.3 is 0 Å². The SMILES string of the molecule is CCCNc1nc(-c2ccccn2)nc(C2CC2)c1I. The molecule has 104 valence electrons. The molecule has 1 fully saturated rings. The van der Waals surface area contributed by atoms with E-state index in [1.54, 1.807) is 6.20 Å². The van der Waals surface area contributed by atoms with E-state index < -0.39 is 0 Å². The quantitative estimate of drug-likeness (QED) is 0.801. The highest BCUT2D eigenvalue weighted by molar-refractivity contribution is 14.1. The Morgan fingerprint density at radius 2 is 2.15 bits per heavy atom. The van der Waals surface area contributed by atoms with Gasteiger partial charge in [0.1, 0.15) is 11.5 Å². The van der Waals surface area contributed by atoms with Crippen molar-refractivity contribution in [2.45, 2.75) is 32.1 Å². The summed E-state index contributed by atoms with van der Waals surface area (Å²) in [5.41, 5.74) is 2.02. The predicted octanol–water partition coefficient (Wildman–Crippen LogP) is 3.84. The molecule has 0 bridgehead atoms. The van der Waals surface area contributed by atoms with Crippen LogP contribution in [0.25, 0.3) is 11.5 Å². The molecule has 1 aliphatic carbocycles. The molecule has 3 rings (SSSR count). The van der Waals surface area contributed by atoms with Crippen LogP contribution in [0.1, 0.15) is 37.8 Å². The molecular weight excluding hydrogens is 363 g/mol. The molecule has 0 radical (unpaired) electrons. The molecule has 2 heterocycles. The molecule has 1 saturated carbocycles. The van der Waals surface area contributed by atoms with E-state index in [0.717, 1.165) is 30.3 Å². The molecule has 0 atom stereocenters. The predicted molar refractivity (Wildman–Crippen MR) is 88.7 cm³/mol. The van der Waals surface area contributed by atoms with E-state index >= 15 is 0 Å². The standard InChI is InChI=1S/C15H17IN4/c1-2-8-18-15-12(16)13(10-6-7-10)19-14(20-15)11-5-3-4-9-17-11/h3-5,9-10H,2,6-8H2,1H3,(H,18,19,20). The Morgan fingerprint density at radius 3 is 2.80 bits per heavy atom. The van der Waals surface area contributed by atoms with Crippen molar-refractivity contribution in [2.24, 2.45) is 0 Å². The average Bonchev–Trinajstić information content (AvgIpc) is 3.32. The number of hydrogen-bond acceptors (Lipinski definition) is 4. The van der Waals surface area contributed by atoms with Gasteiger partial charge in [-0.3, -0.25) is 4.98 Å². The molecule has 0 aromatic carbocycles. The third kappa shape index (κ3) is 2.92. The maximum atomic E-state index is 4.75. The van der Waals surface area contributed by atoms with Crippen LogP contribution in [0, 0.1) is 3.57 Å². The summed E-state index contributed by atoms with van der Waals surface area (Å²) in [4.78, 5) is 13.8. The first kappa shape index (κ1) is 13.7. The molecule has 5 heteroatoms. The van der Waals surface area contributed by atoms with Crippen LogP contribution in [0.4, 0.5) is 5.82 Å². The maximum absolute atomic E-state index is 4.75. The van der Waals surface area contributed by atoms with Gasteiger partial charge in [0.05, 0.1) is 9.26 Å². The van der Waals surface area contributed by atoms with Gasteiger partial charge in [0.25, 0.3) is 0 Å². The number of nitrogens with one attached hydrogen (secondary N) is 1. The molecule has 2 aromatic rings. The van der Waals surface area contributed by atoms with E-state index in [4.69, 9.17) is 4.98 Å². The summed E-state index contributed by atoms with van der Waals surface area (Å²) < 4.78 is 1.17. The molecule has 1 aliphatic rings. The highest BCUT2D eigenvalue weighted by atomic mass is 127. The number of nitrogens with zero attached hydrogens (tertiary/aromatic N) is 3. The van der Waals surface area contributed by atoms with Crippen LogP contribution in [-0.4, -0.2) is 21.5 Å². The van der Waals surface area contributed by atoms with Crippen molar-refractivity contribution in [2.75, 3.05) is 11.9 Å². The molecule has 0 saturated heterocycles. The lowest BCUT2D eigenvalue weighted by molar-refractivity contribution is 0.936. The van der Waals surface area contributed by atoms with Crippen molar-refractivity contribution in [3.05, 3.63) is 33.7 Å². The Hall–Kier alpha value is -1.24. The number of rotatable bonds is 5. The van der Waals surface area contributed by atoms with Crippen LogP contribution in [-0.2, 0) is 0 Å². The fraction of sp³-hybridized carbons (Fsp3) is 0.400. The van der Waals surface area contributed by atoms with Gasteiger partial charge in [0.2, 0.25) is 0 Å². The molecule has 2 aromatic heterocycles. The fourth-order valence-electron chi connectivity index (χ4n) is 2.06. The van der Waals surface area contributed by atoms with Gasteiger partial charge in [-0.15, -0.1) is 0 Å². The molecular formula is C15H17IN4. The topological polar surface area (TPSA) is 50.7 Å². The van der Waals surface area contributed by atoms with Crippen molar-refractivity contribution >= 4 is 28.4 Å². The zero-order chi connectivity index (χ0) is 13.9. The average molecular weight is 380 g/mol. The van der Waals surface area contributed by atoms with E-state index in [1.165, 1.54) is 22.1 Å². The van der Waals surface area contributed by atoms with Crippen LogP contribution in [0.3, 0.4) is 0 Å². The fourth-order valence-corrected chi connectivity index (χ4v) is 2.93. The smallest absolute Gasteiger partial charge is 0.180 e. The molecule has 0 aliphatic heterocycles. The molecule has 0 spiro atoms. The summed E-state index contributed by atoms with van der Waals surface area (Å²) in [5, 5.41) is 3.41. The number of anilines is 1. The lowest BCUT2D eigenvalue weighted by Crippen LogP contribution is -2.09. The van der Waals surface area contributed by atoms with Crippen molar-refractivity contribution in [3.63, 3.8) is 0 Å². The second-order valence-corrected chi connectivity index (χ2v) is 6.09. The van der Waals surface area contributed by atoms with Crippen LogP contribution < -0.4 is 5.32 Å². The zero-order valence-electron chi connectivity index (χ0n) is 11.4. The van der Waals surface area contributed by atoms with Gasteiger partial charge in [-0.2, -0.15) is 0 Å². The number of hydrogen-bond donors (Lipinski definition) is 1. The number of pyridine rings is 1. The lowest BCUT2D eigenvalue weighted by atomic mass is 10.2. The zero-order valence-corrected chi connectivity index (χ0v) is 13.6. The van der Waals surface area contributed by atoms with Crippen LogP contribution >= 0.6 is 22.6 Å². The summed E-state index contributed by atoms with van der Waals surface area (Å²) in [7, 11) is 0. The summed E-state index contributed by atoms with van der Waals surface area (Å²) >= 11 is 2.36. The van der Waals surface area contributed by atoms with Gasteiger partial charge in [0.15, 0.2) is 5.82 Å². The molecule has 20 heavy (non-hydrogen) atoms. The van der Waals surface area contributed by atoms with Gasteiger partial charge < -0.3 is 5.32 Å². The normalized spacial score (nSPS) is 14.3. The highest BCUT2D eigenvalue weighted by Gasteiger charge is 2.29. The summed E-state index contributed by atoms with van der Waals surface area (Å²) in [6.45, 7) is 3.08. The Bertz CT molecular complexity index is 596. The van der Waals surface area contributed by atoms with Crippen LogP contribution in [0.5, 0.6) is 0 Å². The van der Waals surface area contributed by atoms with Gasteiger partial charge in [-0.05, 0) is 54.0 Å². The van der Waals surface area contributed by atoms with Crippen LogP contribution in [0.15, 0.2) is 24.4 Å². The van der Waals surface area contributed by atoms with E-state index in [1.807, 2.05) is 18.2 Å². The molecule has 4 nitrogen and oxygen atoms in total. The molecule has 0 amide bonds. The van der Waals surface area contributed by atoms with Gasteiger partial charge in [-0.1, -0.05) is 13.0 Å². The monoisotopic (exact) mass is 380 g/mol. The van der Waals surface area contributed by atoms with Crippen molar-refractivity contribution in [1.29, 1.82) is 0 Å². The summed E-state index contributed by atoms with van der Waals surface area (Å²) in [6.07, 6.45) is 5.34. The first-order valence-electron chi connectivity index (χ1n) is 7.02. The Kier molecular flexibility index (Phi) is 4.14. The number of aromatic nitrogens is 3. The van der Waals surface area contributed by atoms with Crippen molar-refractivity contribution in [3.8, 4) is 11.5 Å². The van der Waals surface area contributed by atoms with Gasteiger partial charge in [0, 0.05) is 18.7 Å². The third-order valence-electron chi connectivity index (χ3n) is 3.28. The van der Waals surface area contributed by atoms with E-state index in [9.17, 15) is 0 Å². The Balaban J connectivity index is 2.03. The second-order valence-electron chi connectivity index (χ2n) is 5.01. The number of halogens is 1. The van der Waals surface area contributed by atoms with E-state index in [-0.39, 0.29) is 0 Å². The maximum Gasteiger partial charge on any atom is 0.180 e. The largest absolute Gasteiger partial charge is 0.369 e. The molecule has 0 unspecified atom stereocenters. The van der Waals surface area contributed by atoms with Gasteiger partial charge in [-0.25, -0.2) is 9.97 Å². The van der Waals surface area contributed by atoms with E-state index in [0.29, 0.717) is 5.92 Å². The first-order valence-corrected chi connectivity index (χ1v) is 8.10. The van der Waals surface area contributed by atoms with Crippen molar-refractivity contribution < 1.29 is 0 Å². The van der Waals surface area contributed by atoms with Crippen LogP contribution in [0.2, 0.25) is 0 Å². The Morgan fingerprint density at radius 1 is 1.30 bits per heavy atom. The minimum Gasteiger partial charge on any atom is -0.369 e. The lowest BCUT2D eigenvalue weighted by Gasteiger charge is -2.12. The minimum absolute atomic E-state index is 0.606. The minimum atomic E-state index is 0.606. The Labute approximate surface area is 132 Å². The van der Waals surface area contributed by atoms with Crippen molar-refractivity contribution in [1.82, 2.24) is 15.0 Å². The van der Waals surface area contributed by atoms with E-state index in [2.05, 4.69) is 44.8 Å². The second kappa shape index (κ2) is 6.03. The first-order chi connectivity index (χ1) is 9.79. The summed E-state index contributed by atoms with van der Waals surface area (Å²) in [6, 6.07) is 5.84. The third-order valence-corrected chi connectivity index (χ3v) is 4.34. The highest BCUT2D eigenvalue weighted by Crippen LogP contribution is 2.42.